The molecule has 0 aliphatic carbocycles. The van der Waals surface area contributed by atoms with Gasteiger partial charge >= 0.3 is 0 Å². The molecule has 6 N–H and O–H groups in total. The Hall–Kier alpha value is -3.78. The summed E-state index contributed by atoms with van der Waals surface area (Å²) < 4.78 is 5.37. The molecule has 8 nitrogen and oxygen atoms in total. The first-order valence-electron chi connectivity index (χ1n) is 12.0. The average Bonchev–Trinajstić information content (AvgIpc) is 2.87. The van der Waals surface area contributed by atoms with Crippen LogP contribution in [-0.4, -0.2) is 56.0 Å². The molecule has 1 fully saturated rings. The Morgan fingerprint density at radius 3 is 2.49 bits per heavy atom. The summed E-state index contributed by atoms with van der Waals surface area (Å²) in [6, 6.07) is 17.3. The summed E-state index contributed by atoms with van der Waals surface area (Å²) in [6.45, 7) is 3.55. The number of carbonyl (C=O) groups is 2. The lowest BCUT2D eigenvalue weighted by atomic mass is 10.0. The Kier molecular flexibility index (Phi) is 7.72. The smallest absolute Gasteiger partial charge is 0.251 e. The zero-order valence-corrected chi connectivity index (χ0v) is 20.0. The number of carbonyl (C=O) groups excluding carboxylic acids is 2. The first-order valence-corrected chi connectivity index (χ1v) is 12.0. The second-order valence-corrected chi connectivity index (χ2v) is 8.94. The minimum Gasteiger partial charge on any atom is -0.494 e. The van der Waals surface area contributed by atoms with Crippen molar-refractivity contribution >= 4 is 34.0 Å². The second kappa shape index (κ2) is 11.1. The number of nitrogens with two attached hydrogens (primary N) is 2. The summed E-state index contributed by atoms with van der Waals surface area (Å²) in [5, 5.41) is 8.73. The molecule has 4 rings (SSSR count). The van der Waals surface area contributed by atoms with Gasteiger partial charge in [-0.2, -0.15) is 0 Å². The number of fused-ring (bicyclic) bond motifs is 1. The first kappa shape index (κ1) is 24.3. The van der Waals surface area contributed by atoms with E-state index in [0.717, 1.165) is 56.2 Å². The van der Waals surface area contributed by atoms with E-state index < -0.39 is 5.91 Å². The van der Waals surface area contributed by atoms with Crippen molar-refractivity contribution in [1.82, 2.24) is 10.2 Å². The van der Waals surface area contributed by atoms with E-state index in [1.54, 1.807) is 12.1 Å². The molecule has 35 heavy (non-hydrogen) atoms. The highest BCUT2D eigenvalue weighted by Crippen LogP contribution is 2.32. The van der Waals surface area contributed by atoms with Crippen LogP contribution < -0.4 is 26.8 Å². The predicted octanol–water partition coefficient (Wildman–Crippen LogP) is 3.23. The standard InChI is InChI=1S/C27H33N5O3/c1-35-24-17-21(26(29)33)16-23(28)25(24)30-11-4-12-32-13-9-22(10-14-32)31-27(34)20-8-7-18-5-2-3-6-19(18)15-20/h2-3,5-8,15-17,22,30H,4,9-14,28H2,1H3,(H2,29,33)(H,31,34). The third kappa shape index (κ3) is 6.02. The fourth-order valence-electron chi connectivity index (χ4n) is 4.55. The summed E-state index contributed by atoms with van der Waals surface area (Å²) >= 11 is 0. The van der Waals surface area contributed by atoms with E-state index in [0.29, 0.717) is 28.3 Å². The highest BCUT2D eigenvalue weighted by atomic mass is 16.5. The molecule has 0 saturated carbocycles. The number of primary amides is 1. The lowest BCUT2D eigenvalue weighted by molar-refractivity contribution is 0.0910. The summed E-state index contributed by atoms with van der Waals surface area (Å²) in [6.07, 6.45) is 2.79. The molecule has 8 heteroatoms. The van der Waals surface area contributed by atoms with Crippen LogP contribution in [0.25, 0.3) is 10.8 Å². The fraction of sp³-hybridized carbons (Fsp3) is 0.333. The lowest BCUT2D eigenvalue weighted by Gasteiger charge is -2.32. The van der Waals surface area contributed by atoms with E-state index in [-0.39, 0.29) is 11.9 Å². The summed E-state index contributed by atoms with van der Waals surface area (Å²) in [5.41, 5.74) is 13.6. The molecule has 1 heterocycles. The number of benzene rings is 3. The summed E-state index contributed by atoms with van der Waals surface area (Å²) in [7, 11) is 1.54. The van der Waals surface area contributed by atoms with Gasteiger partial charge in [0.25, 0.3) is 5.91 Å². The maximum atomic E-state index is 12.7. The molecule has 3 aromatic rings. The second-order valence-electron chi connectivity index (χ2n) is 8.94. The molecular formula is C27H33N5O3. The quantitative estimate of drug-likeness (QED) is 0.278. The van der Waals surface area contributed by atoms with Gasteiger partial charge in [-0.25, -0.2) is 0 Å². The van der Waals surface area contributed by atoms with Crippen molar-refractivity contribution < 1.29 is 14.3 Å². The normalized spacial score (nSPS) is 14.5. The molecule has 1 aliphatic rings. The van der Waals surface area contributed by atoms with Gasteiger partial charge < -0.3 is 31.7 Å². The van der Waals surface area contributed by atoms with E-state index in [4.69, 9.17) is 16.2 Å². The molecule has 0 aromatic heterocycles. The minimum atomic E-state index is -0.543. The lowest BCUT2D eigenvalue weighted by Crippen LogP contribution is -2.45. The maximum absolute atomic E-state index is 12.7. The van der Waals surface area contributed by atoms with E-state index in [9.17, 15) is 9.59 Å². The molecule has 0 unspecified atom stereocenters. The number of amides is 2. The number of ether oxygens (including phenoxy) is 1. The molecule has 2 amide bonds. The summed E-state index contributed by atoms with van der Waals surface area (Å²) in [5.74, 6) is -0.0486. The summed E-state index contributed by atoms with van der Waals surface area (Å²) in [4.78, 5) is 26.6. The predicted molar refractivity (Wildman–Crippen MR) is 140 cm³/mol. The van der Waals surface area contributed by atoms with Crippen LogP contribution in [0.3, 0.4) is 0 Å². The molecule has 184 valence electrons. The molecule has 1 saturated heterocycles. The van der Waals surface area contributed by atoms with Crippen LogP contribution in [0.4, 0.5) is 11.4 Å². The number of piperidine rings is 1. The first-order chi connectivity index (χ1) is 16.9. The number of likely N-dealkylation sites (tertiary alicyclic amines) is 1. The van der Waals surface area contributed by atoms with Crippen LogP contribution in [0.15, 0.2) is 54.6 Å². The van der Waals surface area contributed by atoms with Crippen LogP contribution in [0.5, 0.6) is 5.75 Å². The highest BCUT2D eigenvalue weighted by Gasteiger charge is 2.21. The molecule has 0 spiro atoms. The monoisotopic (exact) mass is 475 g/mol. The molecule has 3 aromatic carbocycles. The van der Waals surface area contributed by atoms with E-state index in [1.807, 2.05) is 42.5 Å². The van der Waals surface area contributed by atoms with Crippen molar-refractivity contribution in [3.05, 3.63) is 65.7 Å². The third-order valence-electron chi connectivity index (χ3n) is 6.52. The zero-order chi connectivity index (χ0) is 24.8. The molecule has 1 aliphatic heterocycles. The molecule has 0 bridgehead atoms. The van der Waals surface area contributed by atoms with Gasteiger partial charge in [-0.05, 0) is 60.8 Å². The number of anilines is 2. The van der Waals surface area contributed by atoms with E-state index in [1.165, 1.54) is 7.11 Å². The number of rotatable bonds is 9. The van der Waals surface area contributed by atoms with E-state index >= 15 is 0 Å². The fourth-order valence-corrected chi connectivity index (χ4v) is 4.55. The van der Waals surface area contributed by atoms with Gasteiger partial charge in [0.05, 0.1) is 12.8 Å². The number of hydrogen-bond acceptors (Lipinski definition) is 6. The van der Waals surface area contributed by atoms with Gasteiger partial charge in [0.1, 0.15) is 11.4 Å². The van der Waals surface area contributed by atoms with Gasteiger partial charge in [0.15, 0.2) is 0 Å². The van der Waals surface area contributed by atoms with E-state index in [2.05, 4.69) is 15.5 Å². The number of nitrogens with zero attached hydrogens (tertiary/aromatic N) is 1. The number of nitrogens with one attached hydrogen (secondary N) is 2. The van der Waals surface area contributed by atoms with Gasteiger partial charge in [0.2, 0.25) is 5.91 Å². The number of hydrogen-bond donors (Lipinski definition) is 4. The Balaban J connectivity index is 1.20. The van der Waals surface area contributed by atoms with Crippen molar-refractivity contribution in [3.63, 3.8) is 0 Å². The van der Waals surface area contributed by atoms with Gasteiger partial charge in [0, 0.05) is 36.8 Å². The Morgan fingerprint density at radius 2 is 1.77 bits per heavy atom. The highest BCUT2D eigenvalue weighted by molar-refractivity contribution is 5.98. The average molecular weight is 476 g/mol. The number of methoxy groups -OCH3 is 1. The van der Waals surface area contributed by atoms with Crippen molar-refractivity contribution in [3.8, 4) is 5.75 Å². The molecule has 0 radical (unpaired) electrons. The Morgan fingerprint density at radius 1 is 1.03 bits per heavy atom. The van der Waals surface area contributed by atoms with Crippen LogP contribution >= 0.6 is 0 Å². The Labute approximate surface area is 205 Å². The molecular weight excluding hydrogens is 442 g/mol. The largest absolute Gasteiger partial charge is 0.494 e. The minimum absolute atomic E-state index is 0.00714. The Bertz CT molecular complexity index is 1200. The maximum Gasteiger partial charge on any atom is 0.251 e. The van der Waals surface area contributed by atoms with Gasteiger partial charge in [-0.15, -0.1) is 0 Å². The van der Waals surface area contributed by atoms with Gasteiger partial charge in [-0.3, -0.25) is 9.59 Å². The van der Waals surface area contributed by atoms with Crippen molar-refractivity contribution in [2.45, 2.75) is 25.3 Å². The van der Waals surface area contributed by atoms with Crippen molar-refractivity contribution in [2.75, 3.05) is 44.3 Å². The van der Waals surface area contributed by atoms with Crippen LogP contribution in [-0.2, 0) is 0 Å². The number of nitrogen functional groups attached to an aromatic ring is 1. The SMILES string of the molecule is COc1cc(C(N)=O)cc(N)c1NCCCN1CCC(NC(=O)c2ccc3ccccc3c2)CC1. The van der Waals surface area contributed by atoms with Crippen LogP contribution in [0.1, 0.15) is 40.0 Å². The van der Waals surface area contributed by atoms with Crippen LogP contribution in [0.2, 0.25) is 0 Å². The van der Waals surface area contributed by atoms with Crippen molar-refractivity contribution in [1.29, 1.82) is 0 Å². The third-order valence-corrected chi connectivity index (χ3v) is 6.52. The van der Waals surface area contributed by atoms with Gasteiger partial charge in [-0.1, -0.05) is 30.3 Å². The van der Waals surface area contributed by atoms with Crippen molar-refractivity contribution in [2.24, 2.45) is 5.73 Å². The molecule has 0 atom stereocenters. The topological polar surface area (TPSA) is 123 Å². The van der Waals surface area contributed by atoms with Crippen LogP contribution in [0, 0.1) is 0 Å². The zero-order valence-electron chi connectivity index (χ0n) is 20.0.